The zero-order valence-corrected chi connectivity index (χ0v) is 19.8. The number of nitrogens with zero attached hydrogens (tertiary/aromatic N) is 4. The molecule has 0 bridgehead atoms. The molecule has 11 nitrogen and oxygen atoms in total. The Morgan fingerprint density at radius 2 is 1.85 bits per heavy atom. The Hall–Kier alpha value is -3.01. The lowest BCUT2D eigenvalue weighted by Crippen LogP contribution is -2.27. The van der Waals surface area contributed by atoms with E-state index in [0.717, 1.165) is 0 Å². The highest BCUT2D eigenvalue weighted by molar-refractivity contribution is 7.54. The predicted octanol–water partition coefficient (Wildman–Crippen LogP) is 3.40. The van der Waals surface area contributed by atoms with Crippen LogP contribution in [0.2, 0.25) is 0 Å². The number of esters is 1. The van der Waals surface area contributed by atoms with Gasteiger partial charge in [0, 0.05) is 0 Å². The Bertz CT molecular complexity index is 1120. The van der Waals surface area contributed by atoms with E-state index in [0.29, 0.717) is 23.5 Å². The molecule has 0 saturated carbocycles. The average molecular weight is 477 g/mol. The monoisotopic (exact) mass is 477 g/mol. The average Bonchev–Trinajstić information content (AvgIpc) is 3.16. The number of hydrogen-bond donors (Lipinski definition) is 1. The van der Waals surface area contributed by atoms with Gasteiger partial charge in [0.1, 0.15) is 17.6 Å². The maximum atomic E-state index is 13.5. The molecule has 0 fully saturated rings. The van der Waals surface area contributed by atoms with Crippen LogP contribution in [0.4, 0.5) is 5.82 Å². The van der Waals surface area contributed by atoms with Crippen molar-refractivity contribution in [2.75, 3.05) is 12.1 Å². The molecule has 0 aliphatic rings. The smallest absolute Gasteiger partial charge is 0.405 e. The van der Waals surface area contributed by atoms with Crippen molar-refractivity contribution < 1.29 is 27.9 Å². The molecule has 0 aliphatic heterocycles. The first-order valence-electron chi connectivity index (χ1n) is 10.4. The minimum absolute atomic E-state index is 0.281. The maximum Gasteiger partial charge on any atom is 0.405 e. The van der Waals surface area contributed by atoms with E-state index in [-0.39, 0.29) is 18.3 Å². The molecule has 0 amide bonds. The van der Waals surface area contributed by atoms with Crippen LogP contribution in [0.25, 0.3) is 11.2 Å². The summed E-state index contributed by atoms with van der Waals surface area (Å²) in [6.07, 6.45) is 0.680. The molecule has 0 radical (unpaired) electrons. The van der Waals surface area contributed by atoms with Crippen molar-refractivity contribution in [1.82, 2.24) is 19.5 Å². The van der Waals surface area contributed by atoms with Crippen molar-refractivity contribution in [2.24, 2.45) is 0 Å². The number of carbonyl (C=O) groups excluding carboxylic acids is 1. The van der Waals surface area contributed by atoms with Gasteiger partial charge in [-0.1, -0.05) is 18.2 Å². The molecule has 1 aromatic carbocycles. The summed E-state index contributed by atoms with van der Waals surface area (Å²) in [5.74, 6) is -0.0323. The fourth-order valence-corrected chi connectivity index (χ4v) is 4.52. The Balaban J connectivity index is 1.70. The summed E-state index contributed by atoms with van der Waals surface area (Å²) in [6.45, 7) is 7.03. The highest BCUT2D eigenvalue weighted by atomic mass is 31.2. The number of aromatic nitrogens is 4. The van der Waals surface area contributed by atoms with E-state index < -0.39 is 25.8 Å². The van der Waals surface area contributed by atoms with Gasteiger partial charge in [-0.05, 0) is 39.8 Å². The van der Waals surface area contributed by atoms with Crippen LogP contribution in [-0.2, 0) is 29.9 Å². The Labute approximate surface area is 191 Å². The van der Waals surface area contributed by atoms with Crippen molar-refractivity contribution in [3.8, 4) is 5.75 Å². The van der Waals surface area contributed by atoms with Gasteiger partial charge < -0.3 is 24.3 Å². The second-order valence-corrected chi connectivity index (χ2v) is 9.56. The molecule has 178 valence electrons. The molecular weight excluding hydrogens is 449 g/mol. The van der Waals surface area contributed by atoms with Crippen LogP contribution in [-0.4, -0.2) is 50.1 Å². The van der Waals surface area contributed by atoms with Gasteiger partial charge in [-0.15, -0.1) is 0 Å². The van der Waals surface area contributed by atoms with Crippen LogP contribution < -0.4 is 10.3 Å². The quantitative estimate of drug-likeness (QED) is 0.323. The van der Waals surface area contributed by atoms with Crippen LogP contribution in [0.3, 0.4) is 0 Å². The van der Waals surface area contributed by atoms with Gasteiger partial charge in [0.15, 0.2) is 23.9 Å². The number of nitrogens with two attached hydrogens (primary N) is 1. The number of para-hydroxylation sites is 1. The molecule has 33 heavy (non-hydrogen) atoms. The van der Waals surface area contributed by atoms with Crippen molar-refractivity contribution in [3.05, 3.63) is 43.0 Å². The van der Waals surface area contributed by atoms with Crippen molar-refractivity contribution in [1.29, 1.82) is 0 Å². The van der Waals surface area contributed by atoms with E-state index in [1.807, 2.05) is 0 Å². The minimum atomic E-state index is -3.89. The number of anilines is 1. The molecule has 2 heterocycles. The summed E-state index contributed by atoms with van der Waals surface area (Å²) in [5.41, 5.74) is 6.87. The summed E-state index contributed by atoms with van der Waals surface area (Å²) in [7, 11) is -3.89. The summed E-state index contributed by atoms with van der Waals surface area (Å²) in [6, 6.07) is 8.54. The number of imidazole rings is 1. The van der Waals surface area contributed by atoms with Crippen LogP contribution in [0.5, 0.6) is 5.75 Å². The third kappa shape index (κ3) is 6.74. The van der Waals surface area contributed by atoms with Gasteiger partial charge in [0.2, 0.25) is 0 Å². The SMILES string of the molecule is CC(C)OC(=O)C(C)OP(=O)(CO[C@H](C)Cn1cnc2c(N)ncnc21)Oc1ccccc1. The number of rotatable bonds is 11. The topological polar surface area (TPSA) is 141 Å². The van der Waals surface area contributed by atoms with Gasteiger partial charge in [-0.25, -0.2) is 24.3 Å². The Morgan fingerprint density at radius 1 is 1.12 bits per heavy atom. The van der Waals surface area contributed by atoms with Gasteiger partial charge in [-0.3, -0.25) is 4.52 Å². The molecule has 3 atom stereocenters. The number of nitrogen functional groups attached to an aromatic ring is 1. The lowest BCUT2D eigenvalue weighted by molar-refractivity contribution is -0.155. The summed E-state index contributed by atoms with van der Waals surface area (Å²) in [5, 5.41) is 0. The molecule has 3 rings (SSSR count). The number of carbonyl (C=O) groups is 1. The third-order valence-corrected chi connectivity index (χ3v) is 5.98. The van der Waals surface area contributed by atoms with E-state index in [4.69, 9.17) is 24.3 Å². The number of hydrogen-bond acceptors (Lipinski definition) is 10. The molecule has 3 aromatic rings. The summed E-state index contributed by atoms with van der Waals surface area (Å²) in [4.78, 5) is 24.5. The second kappa shape index (κ2) is 10.7. The largest absolute Gasteiger partial charge is 0.461 e. The highest BCUT2D eigenvalue weighted by Gasteiger charge is 2.34. The molecule has 0 saturated heterocycles. The maximum absolute atomic E-state index is 13.5. The normalized spacial score (nSPS) is 15.2. The second-order valence-electron chi connectivity index (χ2n) is 7.68. The number of fused-ring (bicyclic) bond motifs is 1. The molecule has 0 aliphatic carbocycles. The zero-order chi connectivity index (χ0) is 24.0. The van der Waals surface area contributed by atoms with Gasteiger partial charge in [0.25, 0.3) is 0 Å². The standard InChI is InChI=1S/C21H28N5O6P/c1-14(2)30-21(27)16(4)31-33(28,32-17-8-6-5-7-9-17)13-29-15(3)10-26-12-25-18-19(22)23-11-24-20(18)26/h5-9,11-12,14-16H,10,13H2,1-4H3,(H2,22,23,24)/t15-,16?,33?/m1/s1. The first-order chi connectivity index (χ1) is 15.7. The van der Waals surface area contributed by atoms with Gasteiger partial charge in [0.05, 0.1) is 25.1 Å². The van der Waals surface area contributed by atoms with Crippen molar-refractivity contribution in [2.45, 2.75) is 52.6 Å². The minimum Gasteiger partial charge on any atom is -0.461 e. The van der Waals surface area contributed by atoms with Crippen LogP contribution in [0.15, 0.2) is 43.0 Å². The van der Waals surface area contributed by atoms with Crippen molar-refractivity contribution in [3.63, 3.8) is 0 Å². The van der Waals surface area contributed by atoms with Crippen LogP contribution in [0, 0.1) is 0 Å². The van der Waals surface area contributed by atoms with E-state index in [1.165, 1.54) is 13.3 Å². The lowest BCUT2D eigenvalue weighted by Gasteiger charge is -2.24. The van der Waals surface area contributed by atoms with E-state index in [2.05, 4.69) is 15.0 Å². The highest BCUT2D eigenvalue weighted by Crippen LogP contribution is 2.49. The lowest BCUT2D eigenvalue weighted by atomic mass is 10.3. The molecule has 12 heteroatoms. The fraction of sp³-hybridized carbons (Fsp3) is 0.429. The number of benzene rings is 1. The Morgan fingerprint density at radius 3 is 2.55 bits per heavy atom. The summed E-state index contributed by atoms with van der Waals surface area (Å²) >= 11 is 0. The first-order valence-corrected chi connectivity index (χ1v) is 12.1. The van der Waals surface area contributed by atoms with Crippen LogP contribution >= 0.6 is 7.60 Å². The van der Waals surface area contributed by atoms with E-state index >= 15 is 0 Å². The fourth-order valence-electron chi connectivity index (χ4n) is 2.91. The van der Waals surface area contributed by atoms with E-state index in [9.17, 15) is 9.36 Å². The molecular formula is C21H28N5O6P. The predicted molar refractivity (Wildman–Crippen MR) is 122 cm³/mol. The summed E-state index contributed by atoms with van der Waals surface area (Å²) < 4.78 is 37.4. The molecule has 0 spiro atoms. The third-order valence-electron chi connectivity index (χ3n) is 4.39. The first kappa shape index (κ1) is 24.6. The Kier molecular flexibility index (Phi) is 8.01. The zero-order valence-electron chi connectivity index (χ0n) is 19.0. The van der Waals surface area contributed by atoms with Gasteiger partial charge >= 0.3 is 13.6 Å². The molecule has 2 aromatic heterocycles. The molecule has 2 N–H and O–H groups in total. The van der Waals surface area contributed by atoms with Crippen LogP contribution in [0.1, 0.15) is 27.7 Å². The van der Waals surface area contributed by atoms with E-state index in [1.54, 1.807) is 62.0 Å². The number of ether oxygens (including phenoxy) is 2. The van der Waals surface area contributed by atoms with Gasteiger partial charge in [-0.2, -0.15) is 0 Å². The van der Waals surface area contributed by atoms with Crippen molar-refractivity contribution >= 4 is 30.5 Å². The molecule has 2 unspecified atom stereocenters.